The smallest absolute Gasteiger partial charge is 0.262 e. The fourth-order valence-corrected chi connectivity index (χ4v) is 3.79. The monoisotopic (exact) mass is 529 g/mol. The summed E-state index contributed by atoms with van der Waals surface area (Å²) in [5, 5.41) is 21.8. The van der Waals surface area contributed by atoms with E-state index in [1.165, 1.54) is 6.08 Å². The number of carbonyl (C=O) groups excluding carboxylic acids is 1. The van der Waals surface area contributed by atoms with Crippen molar-refractivity contribution < 1.29 is 14.3 Å². The molecular weight excluding hydrogens is 506 g/mol. The van der Waals surface area contributed by atoms with E-state index in [4.69, 9.17) is 9.47 Å². The number of hydrogen-bond donors (Lipinski definition) is 1. The van der Waals surface area contributed by atoms with Gasteiger partial charge < -0.3 is 14.8 Å². The van der Waals surface area contributed by atoms with Gasteiger partial charge in [0.2, 0.25) is 0 Å². The zero-order chi connectivity index (χ0) is 25.2. The number of amides is 1. The third-order valence-corrected chi connectivity index (χ3v) is 5.88. The molecule has 3 aromatic carbocycles. The van der Waals surface area contributed by atoms with Gasteiger partial charge in [-0.3, -0.25) is 4.79 Å². The minimum Gasteiger partial charge on any atom is -0.490 e. The number of nitrogens with zero attached hydrogens (tertiary/aromatic N) is 2. The normalized spacial score (nSPS) is 11.6. The number of benzene rings is 3. The van der Waals surface area contributed by atoms with Gasteiger partial charge in [0, 0.05) is 10.0 Å². The van der Waals surface area contributed by atoms with Crippen molar-refractivity contribution in [3.63, 3.8) is 0 Å². The molecule has 0 fully saturated rings. The van der Waals surface area contributed by atoms with E-state index in [1.54, 1.807) is 24.3 Å². The molecule has 1 atom stereocenters. The van der Waals surface area contributed by atoms with Crippen molar-refractivity contribution in [2.24, 2.45) is 0 Å². The van der Waals surface area contributed by atoms with E-state index in [0.717, 1.165) is 11.1 Å². The highest BCUT2D eigenvalue weighted by Gasteiger charge is 2.16. The number of nitrogens with one attached hydrogen (secondary N) is 1. The minimum atomic E-state index is -0.470. The molecule has 3 rings (SSSR count). The van der Waals surface area contributed by atoms with E-state index >= 15 is 0 Å². The van der Waals surface area contributed by atoms with Gasteiger partial charge in [-0.25, -0.2) is 0 Å². The van der Waals surface area contributed by atoms with Crippen LogP contribution in [0.2, 0.25) is 0 Å². The largest absolute Gasteiger partial charge is 0.490 e. The Hall–Kier alpha value is -4.07. The van der Waals surface area contributed by atoms with Gasteiger partial charge in [-0.05, 0) is 49.2 Å². The van der Waals surface area contributed by atoms with Crippen LogP contribution in [0.15, 0.2) is 76.8 Å². The molecule has 176 valence electrons. The van der Waals surface area contributed by atoms with E-state index in [0.29, 0.717) is 33.7 Å². The standard InChI is InChI=1S/C28H24BrN3O3/c1-3-34-26-14-23(13-24(17-31)28(33)32-19(2)20-9-5-4-6-10-20)25(29)15-27(26)35-18-22-12-8-7-11-21(22)16-30/h4-15,19H,3,18H2,1-2H3,(H,32,33)/b24-13-/t19-/m0/s1. The summed E-state index contributed by atoms with van der Waals surface area (Å²) in [6, 6.07) is 24.1. The first kappa shape index (κ1) is 25.6. The summed E-state index contributed by atoms with van der Waals surface area (Å²) in [5.74, 6) is 0.471. The van der Waals surface area contributed by atoms with Crippen molar-refractivity contribution in [3.8, 4) is 23.6 Å². The van der Waals surface area contributed by atoms with Crippen molar-refractivity contribution in [3.05, 3.63) is 99.0 Å². The Morgan fingerprint density at radius 1 is 1.06 bits per heavy atom. The van der Waals surface area contributed by atoms with Crippen LogP contribution < -0.4 is 14.8 Å². The predicted molar refractivity (Wildman–Crippen MR) is 137 cm³/mol. The van der Waals surface area contributed by atoms with Crippen LogP contribution in [-0.4, -0.2) is 12.5 Å². The fourth-order valence-electron chi connectivity index (χ4n) is 3.36. The van der Waals surface area contributed by atoms with Crippen LogP contribution in [0.3, 0.4) is 0 Å². The van der Waals surface area contributed by atoms with Crippen LogP contribution >= 0.6 is 15.9 Å². The summed E-state index contributed by atoms with van der Waals surface area (Å²) >= 11 is 3.51. The van der Waals surface area contributed by atoms with Crippen molar-refractivity contribution in [1.29, 1.82) is 10.5 Å². The van der Waals surface area contributed by atoms with Crippen LogP contribution in [0.25, 0.3) is 6.08 Å². The molecule has 7 heteroatoms. The molecule has 1 N–H and O–H groups in total. The van der Waals surface area contributed by atoms with Gasteiger partial charge in [-0.15, -0.1) is 0 Å². The average Bonchev–Trinajstić information content (AvgIpc) is 2.88. The van der Waals surface area contributed by atoms with Crippen LogP contribution in [0.5, 0.6) is 11.5 Å². The van der Waals surface area contributed by atoms with Gasteiger partial charge in [0.25, 0.3) is 5.91 Å². The second kappa shape index (κ2) is 12.4. The lowest BCUT2D eigenvalue weighted by Gasteiger charge is -2.15. The molecule has 35 heavy (non-hydrogen) atoms. The molecule has 6 nitrogen and oxygen atoms in total. The van der Waals surface area contributed by atoms with Gasteiger partial charge in [-0.1, -0.05) is 64.5 Å². The van der Waals surface area contributed by atoms with E-state index in [9.17, 15) is 15.3 Å². The number of halogens is 1. The molecule has 3 aromatic rings. The SMILES string of the molecule is CCOc1cc(/C=C(/C#N)C(=O)N[C@@H](C)c2ccccc2)c(Br)cc1OCc1ccccc1C#N. The van der Waals surface area contributed by atoms with E-state index in [2.05, 4.69) is 27.3 Å². The summed E-state index contributed by atoms with van der Waals surface area (Å²) in [6.45, 7) is 4.30. The molecule has 0 aliphatic rings. The number of nitriles is 2. The maximum atomic E-state index is 12.8. The Labute approximate surface area is 213 Å². The summed E-state index contributed by atoms with van der Waals surface area (Å²) < 4.78 is 12.3. The molecule has 0 bridgehead atoms. The van der Waals surface area contributed by atoms with E-state index in [-0.39, 0.29) is 18.2 Å². The van der Waals surface area contributed by atoms with E-state index < -0.39 is 5.91 Å². The lowest BCUT2D eigenvalue weighted by atomic mass is 10.1. The second-order valence-electron chi connectivity index (χ2n) is 7.59. The highest BCUT2D eigenvalue weighted by Crippen LogP contribution is 2.35. The minimum absolute atomic E-state index is 0.0347. The molecule has 0 radical (unpaired) electrons. The molecular formula is C28H24BrN3O3. The van der Waals surface area contributed by atoms with Gasteiger partial charge in [0.1, 0.15) is 18.2 Å². The first-order valence-corrected chi connectivity index (χ1v) is 11.8. The lowest BCUT2D eigenvalue weighted by Crippen LogP contribution is -2.27. The van der Waals surface area contributed by atoms with Crippen LogP contribution in [-0.2, 0) is 11.4 Å². The Morgan fingerprint density at radius 2 is 1.74 bits per heavy atom. The fraction of sp³-hybridized carbons (Fsp3) is 0.179. The van der Waals surface area contributed by atoms with Gasteiger partial charge in [0.05, 0.1) is 24.3 Å². The molecule has 0 unspecified atom stereocenters. The first-order chi connectivity index (χ1) is 17.0. The third-order valence-electron chi connectivity index (χ3n) is 5.20. The molecule has 1 amide bonds. The summed E-state index contributed by atoms with van der Waals surface area (Å²) in [7, 11) is 0. The highest BCUT2D eigenvalue weighted by atomic mass is 79.9. The summed E-state index contributed by atoms with van der Waals surface area (Å²) in [6.07, 6.45) is 1.51. The zero-order valence-electron chi connectivity index (χ0n) is 19.4. The quantitative estimate of drug-likeness (QED) is 0.267. The second-order valence-corrected chi connectivity index (χ2v) is 8.44. The number of rotatable bonds is 9. The Balaban J connectivity index is 1.84. The topological polar surface area (TPSA) is 95.1 Å². The Bertz CT molecular complexity index is 1310. The van der Waals surface area contributed by atoms with Gasteiger partial charge in [0.15, 0.2) is 11.5 Å². The molecule has 0 saturated carbocycles. The van der Waals surface area contributed by atoms with Crippen LogP contribution in [0.4, 0.5) is 0 Å². The maximum absolute atomic E-state index is 12.8. The summed E-state index contributed by atoms with van der Waals surface area (Å²) in [4.78, 5) is 12.8. The molecule has 0 heterocycles. The number of ether oxygens (including phenoxy) is 2. The molecule has 0 saturated heterocycles. The maximum Gasteiger partial charge on any atom is 0.262 e. The van der Waals surface area contributed by atoms with Gasteiger partial charge >= 0.3 is 0 Å². The molecule has 0 aliphatic carbocycles. The number of hydrogen-bond acceptors (Lipinski definition) is 5. The Kier molecular flexibility index (Phi) is 9.06. The van der Waals surface area contributed by atoms with Crippen LogP contribution in [0, 0.1) is 22.7 Å². The summed E-state index contributed by atoms with van der Waals surface area (Å²) in [5.41, 5.74) is 2.80. The van der Waals surface area contributed by atoms with E-state index in [1.807, 2.05) is 62.4 Å². The Morgan fingerprint density at radius 3 is 2.43 bits per heavy atom. The third kappa shape index (κ3) is 6.72. The highest BCUT2D eigenvalue weighted by molar-refractivity contribution is 9.10. The van der Waals surface area contributed by atoms with Crippen molar-refractivity contribution in [2.45, 2.75) is 26.5 Å². The van der Waals surface area contributed by atoms with Crippen LogP contribution in [0.1, 0.15) is 42.1 Å². The van der Waals surface area contributed by atoms with Gasteiger partial charge in [-0.2, -0.15) is 10.5 Å². The van der Waals surface area contributed by atoms with Crippen molar-refractivity contribution >= 4 is 27.9 Å². The average molecular weight is 530 g/mol. The predicted octanol–water partition coefficient (Wildman–Crippen LogP) is 6.08. The molecule has 0 aliphatic heterocycles. The first-order valence-electron chi connectivity index (χ1n) is 11.0. The molecule has 0 aromatic heterocycles. The zero-order valence-corrected chi connectivity index (χ0v) is 21.0. The molecule has 0 spiro atoms. The number of carbonyl (C=O) groups is 1. The van der Waals surface area contributed by atoms with Crippen molar-refractivity contribution in [2.75, 3.05) is 6.61 Å². The lowest BCUT2D eigenvalue weighted by molar-refractivity contribution is -0.117. The van der Waals surface area contributed by atoms with Crippen molar-refractivity contribution in [1.82, 2.24) is 5.32 Å².